The molecule has 0 saturated carbocycles. The normalized spacial score (nSPS) is 14.9. The second-order valence-corrected chi connectivity index (χ2v) is 8.29. The number of alkyl carbamates (subject to hydrolysis) is 1. The summed E-state index contributed by atoms with van der Waals surface area (Å²) in [5.74, 6) is -0.651. The fourth-order valence-electron chi connectivity index (χ4n) is 2.13. The van der Waals surface area contributed by atoms with Crippen LogP contribution in [0.25, 0.3) is 0 Å². The predicted octanol–water partition coefficient (Wildman–Crippen LogP) is 2.66. The summed E-state index contributed by atoms with van der Waals surface area (Å²) >= 11 is 0. The summed E-state index contributed by atoms with van der Waals surface area (Å²) in [7, 11) is 0. The number of amides is 2. The Balaban J connectivity index is 5.07. The first-order chi connectivity index (χ1) is 10.1. The van der Waals surface area contributed by atoms with Gasteiger partial charge in [0.15, 0.2) is 5.78 Å². The first-order valence-electron chi connectivity index (χ1n) is 7.95. The Hall–Kier alpha value is -1.59. The molecule has 23 heavy (non-hydrogen) atoms. The van der Waals surface area contributed by atoms with Crippen LogP contribution in [0.5, 0.6) is 0 Å². The van der Waals surface area contributed by atoms with Gasteiger partial charge in [-0.3, -0.25) is 9.59 Å². The zero-order valence-corrected chi connectivity index (χ0v) is 15.9. The third-order valence-electron chi connectivity index (χ3n) is 3.18. The van der Waals surface area contributed by atoms with Gasteiger partial charge in [-0.15, -0.1) is 0 Å². The quantitative estimate of drug-likeness (QED) is 0.812. The number of Topliss-reactive ketones (excluding diaryl/α,β-unsaturated/α-hetero) is 1. The van der Waals surface area contributed by atoms with Gasteiger partial charge in [0.25, 0.3) is 0 Å². The molecule has 2 N–H and O–H groups in total. The van der Waals surface area contributed by atoms with Crippen molar-refractivity contribution >= 4 is 17.8 Å². The van der Waals surface area contributed by atoms with Crippen molar-refractivity contribution in [2.24, 2.45) is 11.3 Å². The van der Waals surface area contributed by atoms with Crippen LogP contribution in [0.15, 0.2) is 0 Å². The van der Waals surface area contributed by atoms with Crippen molar-refractivity contribution < 1.29 is 19.1 Å². The molecule has 0 aromatic heterocycles. The van der Waals surface area contributed by atoms with E-state index in [1.54, 1.807) is 20.8 Å². The first kappa shape index (κ1) is 21.4. The van der Waals surface area contributed by atoms with Gasteiger partial charge in [0.2, 0.25) is 5.91 Å². The molecule has 0 saturated heterocycles. The van der Waals surface area contributed by atoms with Crippen molar-refractivity contribution in [1.82, 2.24) is 10.6 Å². The minimum absolute atomic E-state index is 0.120. The smallest absolute Gasteiger partial charge is 0.408 e. The lowest BCUT2D eigenvalue weighted by Gasteiger charge is -2.32. The highest BCUT2D eigenvalue weighted by molar-refractivity contribution is 5.91. The molecule has 0 heterocycles. The molecule has 2 amide bonds. The lowest BCUT2D eigenvalue weighted by atomic mass is 9.84. The average molecular weight is 328 g/mol. The standard InChI is InChI=1S/C17H32N2O4/c1-10(2)12(18-15(22)23-17(7,8)9)14(21)19-13(11(3)20)16(4,5)6/h10,12-13H,1-9H3,(H,18,22)(H,19,21)/t12-,13+/m0/s1. The average Bonchev–Trinajstić information content (AvgIpc) is 2.28. The van der Waals surface area contributed by atoms with E-state index in [4.69, 9.17) is 4.74 Å². The SMILES string of the molecule is CC(=O)[C@@H](NC(=O)[C@@H](NC(=O)OC(C)(C)C)C(C)C)C(C)(C)C. The summed E-state index contributed by atoms with van der Waals surface area (Å²) in [6.45, 7) is 16.0. The van der Waals surface area contributed by atoms with Crippen LogP contribution in [0, 0.1) is 11.3 Å². The Labute approximate surface area is 139 Å². The summed E-state index contributed by atoms with van der Waals surface area (Å²) in [6.07, 6.45) is -0.651. The van der Waals surface area contributed by atoms with E-state index in [0.717, 1.165) is 0 Å². The molecule has 0 aromatic rings. The molecule has 0 rings (SSSR count). The molecule has 0 aliphatic carbocycles. The lowest BCUT2D eigenvalue weighted by Crippen LogP contribution is -2.56. The van der Waals surface area contributed by atoms with E-state index >= 15 is 0 Å². The van der Waals surface area contributed by atoms with E-state index in [-0.39, 0.29) is 17.6 Å². The zero-order valence-electron chi connectivity index (χ0n) is 15.9. The minimum atomic E-state index is -0.769. The molecular weight excluding hydrogens is 296 g/mol. The number of carbonyl (C=O) groups excluding carboxylic acids is 3. The van der Waals surface area contributed by atoms with E-state index in [0.29, 0.717) is 0 Å². The maximum atomic E-state index is 12.5. The van der Waals surface area contributed by atoms with Gasteiger partial charge in [0, 0.05) is 0 Å². The van der Waals surface area contributed by atoms with Crippen molar-refractivity contribution in [2.75, 3.05) is 0 Å². The van der Waals surface area contributed by atoms with Gasteiger partial charge in [-0.05, 0) is 39.0 Å². The minimum Gasteiger partial charge on any atom is -0.444 e. The summed E-state index contributed by atoms with van der Waals surface area (Å²) in [5, 5.41) is 5.33. The maximum Gasteiger partial charge on any atom is 0.408 e. The molecule has 6 heteroatoms. The van der Waals surface area contributed by atoms with Crippen molar-refractivity contribution in [3.05, 3.63) is 0 Å². The van der Waals surface area contributed by atoms with Gasteiger partial charge in [-0.25, -0.2) is 4.79 Å². The van der Waals surface area contributed by atoms with Gasteiger partial charge >= 0.3 is 6.09 Å². The van der Waals surface area contributed by atoms with Crippen molar-refractivity contribution in [3.63, 3.8) is 0 Å². The second-order valence-electron chi connectivity index (χ2n) is 8.29. The summed E-state index contributed by atoms with van der Waals surface area (Å²) in [6, 6.07) is -1.38. The van der Waals surface area contributed by atoms with E-state index in [1.165, 1.54) is 6.92 Å². The molecule has 2 atom stereocenters. The number of hydrogen-bond acceptors (Lipinski definition) is 4. The molecule has 0 bridgehead atoms. The van der Waals surface area contributed by atoms with Crippen molar-refractivity contribution in [3.8, 4) is 0 Å². The predicted molar refractivity (Wildman–Crippen MR) is 90.1 cm³/mol. The van der Waals surface area contributed by atoms with Crippen molar-refractivity contribution in [1.29, 1.82) is 0 Å². The number of ether oxygens (including phenoxy) is 1. The number of nitrogens with one attached hydrogen (secondary N) is 2. The van der Waals surface area contributed by atoms with Crippen LogP contribution in [-0.2, 0) is 14.3 Å². The van der Waals surface area contributed by atoms with Gasteiger partial charge in [-0.2, -0.15) is 0 Å². The van der Waals surface area contributed by atoms with E-state index in [2.05, 4.69) is 10.6 Å². The maximum absolute atomic E-state index is 12.5. The van der Waals surface area contributed by atoms with Crippen LogP contribution in [0.1, 0.15) is 62.3 Å². The number of carbonyl (C=O) groups is 3. The van der Waals surface area contributed by atoms with E-state index < -0.39 is 29.2 Å². The van der Waals surface area contributed by atoms with Crippen molar-refractivity contribution in [2.45, 2.75) is 80.0 Å². The Morgan fingerprint density at radius 1 is 0.913 bits per heavy atom. The molecule has 0 fully saturated rings. The fourth-order valence-corrected chi connectivity index (χ4v) is 2.13. The van der Waals surface area contributed by atoms with Gasteiger partial charge in [0.1, 0.15) is 11.6 Å². The van der Waals surface area contributed by atoms with E-state index in [1.807, 2.05) is 34.6 Å². The van der Waals surface area contributed by atoms with E-state index in [9.17, 15) is 14.4 Å². The summed E-state index contributed by atoms with van der Waals surface area (Å²) in [4.78, 5) is 36.2. The molecule has 0 aliphatic rings. The first-order valence-corrected chi connectivity index (χ1v) is 7.95. The second kappa shape index (κ2) is 7.79. The zero-order chi connectivity index (χ0) is 18.6. The number of ketones is 1. The summed E-state index contributed by atoms with van der Waals surface area (Å²) < 4.78 is 5.19. The molecular formula is C17H32N2O4. The van der Waals surface area contributed by atoms with Gasteiger partial charge in [0.05, 0.1) is 6.04 Å². The Bertz CT molecular complexity index is 444. The van der Waals surface area contributed by atoms with Crippen LogP contribution >= 0.6 is 0 Å². The Morgan fingerprint density at radius 3 is 1.70 bits per heavy atom. The number of rotatable bonds is 5. The lowest BCUT2D eigenvalue weighted by molar-refractivity contribution is -0.131. The largest absolute Gasteiger partial charge is 0.444 e. The molecule has 6 nitrogen and oxygen atoms in total. The van der Waals surface area contributed by atoms with Crippen LogP contribution in [-0.4, -0.2) is 35.5 Å². The highest BCUT2D eigenvalue weighted by atomic mass is 16.6. The third kappa shape index (κ3) is 8.00. The Kier molecular flexibility index (Phi) is 7.26. The molecule has 0 radical (unpaired) electrons. The van der Waals surface area contributed by atoms with Gasteiger partial charge < -0.3 is 15.4 Å². The molecule has 0 unspecified atom stereocenters. The molecule has 0 aliphatic heterocycles. The Morgan fingerprint density at radius 2 is 1.39 bits per heavy atom. The monoisotopic (exact) mass is 328 g/mol. The summed E-state index contributed by atoms with van der Waals surface area (Å²) in [5.41, 5.74) is -1.05. The van der Waals surface area contributed by atoms with Crippen LogP contribution in [0.3, 0.4) is 0 Å². The van der Waals surface area contributed by atoms with Gasteiger partial charge in [-0.1, -0.05) is 34.6 Å². The third-order valence-corrected chi connectivity index (χ3v) is 3.18. The molecule has 0 aromatic carbocycles. The highest BCUT2D eigenvalue weighted by Gasteiger charge is 2.34. The molecule has 0 spiro atoms. The van der Waals surface area contributed by atoms with Crippen LogP contribution in [0.2, 0.25) is 0 Å². The molecule has 134 valence electrons. The fraction of sp³-hybridized carbons (Fsp3) is 0.824. The highest BCUT2D eigenvalue weighted by Crippen LogP contribution is 2.20. The van der Waals surface area contributed by atoms with Crippen LogP contribution in [0.4, 0.5) is 4.79 Å². The van der Waals surface area contributed by atoms with Crippen LogP contribution < -0.4 is 10.6 Å². The topological polar surface area (TPSA) is 84.5 Å². The number of hydrogen-bond donors (Lipinski definition) is 2.